The normalized spacial score (nSPS) is 17.4. The molecule has 0 unspecified atom stereocenters. The summed E-state index contributed by atoms with van der Waals surface area (Å²) in [5, 5.41) is 10.5. The van der Waals surface area contributed by atoms with E-state index in [9.17, 15) is 5.11 Å². The van der Waals surface area contributed by atoms with E-state index in [1.807, 2.05) is 6.07 Å². The van der Waals surface area contributed by atoms with E-state index in [1.54, 1.807) is 6.07 Å². The molecule has 0 bridgehead atoms. The zero-order valence-electron chi connectivity index (χ0n) is 15.5. The van der Waals surface area contributed by atoms with Gasteiger partial charge < -0.3 is 14.6 Å². The first-order valence-corrected chi connectivity index (χ1v) is 9.19. The highest BCUT2D eigenvalue weighted by atomic mass is 16.5. The highest BCUT2D eigenvalue weighted by Gasteiger charge is 2.33. The Kier molecular flexibility index (Phi) is 6.52. The molecule has 0 saturated carbocycles. The summed E-state index contributed by atoms with van der Waals surface area (Å²) >= 11 is 0. The maximum absolute atomic E-state index is 10.5. The highest BCUT2D eigenvalue weighted by molar-refractivity contribution is 6.06. The molecular formula is C20H31NO3. The topological polar surface area (TPSA) is 51.0 Å². The first-order chi connectivity index (χ1) is 11.5. The molecule has 24 heavy (non-hydrogen) atoms. The largest absolute Gasteiger partial charge is 0.507 e. The van der Waals surface area contributed by atoms with E-state index in [-0.39, 0.29) is 11.4 Å². The van der Waals surface area contributed by atoms with Gasteiger partial charge in [-0.1, -0.05) is 33.1 Å². The van der Waals surface area contributed by atoms with Gasteiger partial charge in [-0.15, -0.1) is 0 Å². The minimum atomic E-state index is -0.328. The quantitative estimate of drug-likeness (QED) is 0.672. The van der Waals surface area contributed by atoms with E-state index in [1.165, 1.54) is 12.8 Å². The number of nitrogens with zero attached hydrogens (tertiary/aromatic N) is 1. The molecule has 0 aromatic heterocycles. The fraction of sp³-hybridized carbons (Fsp3) is 0.650. The van der Waals surface area contributed by atoms with Gasteiger partial charge in [-0.05, 0) is 26.7 Å². The summed E-state index contributed by atoms with van der Waals surface area (Å²) in [4.78, 5) is 4.76. The molecule has 0 atom stereocenters. The van der Waals surface area contributed by atoms with Crippen LogP contribution in [0, 0.1) is 0 Å². The number of aliphatic imine (C=N–C) groups is 1. The Morgan fingerprint density at radius 1 is 1.17 bits per heavy atom. The Bertz CT molecular complexity index is 578. The second-order valence-electron chi connectivity index (χ2n) is 7.09. The number of hydrogen-bond donors (Lipinski definition) is 1. The van der Waals surface area contributed by atoms with Crippen molar-refractivity contribution in [1.82, 2.24) is 0 Å². The first kappa shape index (κ1) is 18.6. The van der Waals surface area contributed by atoms with Gasteiger partial charge in [0.25, 0.3) is 0 Å². The number of unbranched alkanes of at least 4 members (excludes halogenated alkanes) is 3. The minimum absolute atomic E-state index is 0.198. The maximum Gasteiger partial charge on any atom is 0.136 e. The SMILES string of the molecule is CCCCCN=C1CC(C)(C)Oc2cc(OCCCC)cc(O)c21. The van der Waals surface area contributed by atoms with Crippen LogP contribution in [0.25, 0.3) is 0 Å². The number of hydrogen-bond acceptors (Lipinski definition) is 4. The van der Waals surface area contributed by atoms with Crippen LogP contribution in [0.5, 0.6) is 17.2 Å². The molecule has 4 heteroatoms. The molecule has 0 radical (unpaired) electrons. The van der Waals surface area contributed by atoms with Gasteiger partial charge in [0.1, 0.15) is 22.8 Å². The molecule has 134 valence electrons. The molecule has 0 spiro atoms. The van der Waals surface area contributed by atoms with E-state index >= 15 is 0 Å². The Labute approximate surface area is 145 Å². The monoisotopic (exact) mass is 333 g/mol. The summed E-state index contributed by atoms with van der Waals surface area (Å²) in [5.41, 5.74) is 1.34. The van der Waals surface area contributed by atoms with E-state index in [0.717, 1.165) is 37.1 Å². The van der Waals surface area contributed by atoms with Gasteiger partial charge >= 0.3 is 0 Å². The number of phenolic OH excluding ortho intramolecular Hbond substituents is 1. The molecule has 2 rings (SSSR count). The fourth-order valence-corrected chi connectivity index (χ4v) is 2.90. The molecule has 1 aromatic carbocycles. The molecule has 0 saturated heterocycles. The van der Waals surface area contributed by atoms with E-state index in [0.29, 0.717) is 24.5 Å². The Hall–Kier alpha value is -1.71. The third-order valence-electron chi connectivity index (χ3n) is 4.15. The molecule has 1 N–H and O–H groups in total. The Morgan fingerprint density at radius 2 is 1.92 bits per heavy atom. The molecular weight excluding hydrogens is 302 g/mol. The van der Waals surface area contributed by atoms with Gasteiger partial charge in [0.05, 0.1) is 17.9 Å². The summed E-state index contributed by atoms with van der Waals surface area (Å²) < 4.78 is 11.8. The van der Waals surface area contributed by atoms with Crippen LogP contribution in [0.15, 0.2) is 17.1 Å². The molecule has 1 aromatic rings. The van der Waals surface area contributed by atoms with Gasteiger partial charge in [0.2, 0.25) is 0 Å². The summed E-state index contributed by atoms with van der Waals surface area (Å²) in [7, 11) is 0. The molecule has 1 heterocycles. The minimum Gasteiger partial charge on any atom is -0.507 e. The van der Waals surface area contributed by atoms with Crippen LogP contribution in [0.4, 0.5) is 0 Å². The molecule has 0 fully saturated rings. The van der Waals surface area contributed by atoms with Gasteiger partial charge in [0.15, 0.2) is 0 Å². The van der Waals surface area contributed by atoms with Gasteiger partial charge in [-0.2, -0.15) is 0 Å². The second kappa shape index (κ2) is 8.41. The molecule has 0 aliphatic carbocycles. The van der Waals surface area contributed by atoms with Crippen molar-refractivity contribution < 1.29 is 14.6 Å². The van der Waals surface area contributed by atoms with E-state index in [4.69, 9.17) is 14.5 Å². The summed E-state index contributed by atoms with van der Waals surface area (Å²) in [6, 6.07) is 3.56. The summed E-state index contributed by atoms with van der Waals surface area (Å²) in [6.45, 7) is 9.87. The zero-order chi connectivity index (χ0) is 17.6. The Morgan fingerprint density at radius 3 is 2.62 bits per heavy atom. The Balaban J connectivity index is 2.26. The van der Waals surface area contributed by atoms with Crippen LogP contribution in [-0.2, 0) is 0 Å². The molecule has 0 amide bonds. The van der Waals surface area contributed by atoms with Crippen molar-refractivity contribution in [3.05, 3.63) is 17.7 Å². The van der Waals surface area contributed by atoms with Crippen LogP contribution >= 0.6 is 0 Å². The third kappa shape index (κ3) is 4.89. The number of aromatic hydroxyl groups is 1. The van der Waals surface area contributed by atoms with Gasteiger partial charge in [0, 0.05) is 25.1 Å². The lowest BCUT2D eigenvalue weighted by Crippen LogP contribution is -2.36. The number of benzene rings is 1. The third-order valence-corrected chi connectivity index (χ3v) is 4.15. The fourth-order valence-electron chi connectivity index (χ4n) is 2.90. The maximum atomic E-state index is 10.5. The van der Waals surface area contributed by atoms with E-state index < -0.39 is 0 Å². The van der Waals surface area contributed by atoms with E-state index in [2.05, 4.69) is 27.7 Å². The first-order valence-electron chi connectivity index (χ1n) is 9.19. The van der Waals surface area contributed by atoms with Crippen LogP contribution in [0.1, 0.15) is 71.8 Å². The number of phenols is 1. The lowest BCUT2D eigenvalue weighted by Gasteiger charge is -2.34. The van der Waals surface area contributed by atoms with Crippen molar-refractivity contribution in [3.8, 4) is 17.2 Å². The lowest BCUT2D eigenvalue weighted by molar-refractivity contribution is 0.110. The molecule has 1 aliphatic rings. The predicted molar refractivity (Wildman–Crippen MR) is 98.8 cm³/mol. The van der Waals surface area contributed by atoms with Crippen LogP contribution in [0.3, 0.4) is 0 Å². The summed E-state index contributed by atoms with van der Waals surface area (Å²) in [5.74, 6) is 1.53. The number of rotatable bonds is 8. The molecule has 4 nitrogen and oxygen atoms in total. The average Bonchev–Trinajstić information content (AvgIpc) is 2.50. The zero-order valence-corrected chi connectivity index (χ0v) is 15.5. The predicted octanol–water partition coefficient (Wildman–Crippen LogP) is 5.11. The van der Waals surface area contributed by atoms with Crippen LogP contribution < -0.4 is 9.47 Å². The van der Waals surface area contributed by atoms with Crippen molar-refractivity contribution in [3.63, 3.8) is 0 Å². The van der Waals surface area contributed by atoms with Crippen LogP contribution in [-0.4, -0.2) is 29.6 Å². The average molecular weight is 333 g/mol. The van der Waals surface area contributed by atoms with Crippen molar-refractivity contribution in [2.24, 2.45) is 4.99 Å². The van der Waals surface area contributed by atoms with Crippen molar-refractivity contribution >= 4 is 5.71 Å². The smallest absolute Gasteiger partial charge is 0.136 e. The van der Waals surface area contributed by atoms with Gasteiger partial charge in [-0.25, -0.2) is 0 Å². The van der Waals surface area contributed by atoms with Gasteiger partial charge in [-0.3, -0.25) is 4.99 Å². The van der Waals surface area contributed by atoms with Crippen molar-refractivity contribution in [2.45, 2.75) is 71.8 Å². The lowest BCUT2D eigenvalue weighted by atomic mass is 9.91. The summed E-state index contributed by atoms with van der Waals surface area (Å²) in [6.07, 6.45) is 6.22. The number of fused-ring (bicyclic) bond motifs is 1. The van der Waals surface area contributed by atoms with Crippen molar-refractivity contribution in [1.29, 1.82) is 0 Å². The standard InChI is InChI=1S/C20H31NO3/c1-5-7-9-10-21-16-14-20(3,4)24-18-13-15(23-11-8-6-2)12-17(22)19(16)18/h12-13,22H,5-11,14H2,1-4H3. The number of ether oxygens (including phenoxy) is 2. The molecule has 1 aliphatic heterocycles. The van der Waals surface area contributed by atoms with Crippen LogP contribution in [0.2, 0.25) is 0 Å². The second-order valence-corrected chi connectivity index (χ2v) is 7.09. The van der Waals surface area contributed by atoms with Crippen molar-refractivity contribution in [2.75, 3.05) is 13.2 Å². The highest BCUT2D eigenvalue weighted by Crippen LogP contribution is 2.41.